The molecule has 0 saturated carbocycles. The molecule has 5 nitrogen and oxygen atoms in total. The second kappa shape index (κ2) is 3.33. The van der Waals surface area contributed by atoms with Gasteiger partial charge in [-0.25, -0.2) is 0 Å². The summed E-state index contributed by atoms with van der Waals surface area (Å²) in [5.74, 6) is -0.558. The van der Waals surface area contributed by atoms with Crippen LogP contribution in [-0.2, 0) is 19.1 Å². The molecule has 0 bridgehead atoms. The fourth-order valence-electron chi connectivity index (χ4n) is 1.58. The van der Waals surface area contributed by atoms with Gasteiger partial charge in [-0.2, -0.15) is 0 Å². The SMILES string of the molecule is CC1(C)OC[C@H]([C@H]2CC(C=O)=NO2)O1. The molecular weight excluding hydrogens is 186 g/mol. The summed E-state index contributed by atoms with van der Waals surface area (Å²) in [5, 5.41) is 3.64. The molecule has 0 spiro atoms. The standard InChI is InChI=1S/C9H13NO4/c1-9(2)12-5-8(13-9)7-3-6(4-11)10-14-7/h4,7-8H,3,5H2,1-2H3/t7-,8-/m1/s1. The van der Waals surface area contributed by atoms with Crippen molar-refractivity contribution in [2.24, 2.45) is 5.16 Å². The maximum Gasteiger partial charge on any atom is 0.167 e. The topological polar surface area (TPSA) is 57.1 Å². The van der Waals surface area contributed by atoms with E-state index in [1.54, 1.807) is 0 Å². The maximum atomic E-state index is 10.4. The summed E-state index contributed by atoms with van der Waals surface area (Å²) in [5.41, 5.74) is 0.434. The molecule has 0 N–H and O–H groups in total. The highest BCUT2D eigenvalue weighted by Gasteiger charge is 2.40. The smallest absolute Gasteiger partial charge is 0.167 e. The van der Waals surface area contributed by atoms with E-state index in [-0.39, 0.29) is 12.2 Å². The van der Waals surface area contributed by atoms with Gasteiger partial charge in [0.25, 0.3) is 0 Å². The van der Waals surface area contributed by atoms with Crippen molar-refractivity contribution in [1.82, 2.24) is 0 Å². The number of ether oxygens (including phenoxy) is 2. The Morgan fingerprint density at radius 3 is 2.79 bits per heavy atom. The summed E-state index contributed by atoms with van der Waals surface area (Å²) in [4.78, 5) is 15.5. The Bertz CT molecular complexity index is 274. The second-order valence-electron chi connectivity index (χ2n) is 3.92. The molecule has 0 unspecified atom stereocenters. The van der Waals surface area contributed by atoms with Crippen LogP contribution in [0.1, 0.15) is 20.3 Å². The molecule has 0 aromatic rings. The van der Waals surface area contributed by atoms with Crippen LogP contribution in [0.15, 0.2) is 5.16 Å². The Labute approximate surface area is 82.0 Å². The highest BCUT2D eigenvalue weighted by Crippen LogP contribution is 2.28. The molecule has 5 heteroatoms. The monoisotopic (exact) mass is 199 g/mol. The average molecular weight is 199 g/mol. The van der Waals surface area contributed by atoms with Crippen molar-refractivity contribution in [3.8, 4) is 0 Å². The van der Waals surface area contributed by atoms with Crippen LogP contribution in [0.2, 0.25) is 0 Å². The minimum absolute atomic E-state index is 0.133. The number of nitrogens with zero attached hydrogens (tertiary/aromatic N) is 1. The fraction of sp³-hybridized carbons (Fsp3) is 0.778. The van der Waals surface area contributed by atoms with Crippen LogP contribution in [0.3, 0.4) is 0 Å². The first kappa shape index (κ1) is 9.61. The van der Waals surface area contributed by atoms with Crippen LogP contribution in [0.5, 0.6) is 0 Å². The van der Waals surface area contributed by atoms with E-state index in [4.69, 9.17) is 14.3 Å². The van der Waals surface area contributed by atoms with E-state index >= 15 is 0 Å². The van der Waals surface area contributed by atoms with E-state index in [1.807, 2.05) is 13.8 Å². The molecule has 2 aliphatic rings. The number of carbonyl (C=O) groups is 1. The van der Waals surface area contributed by atoms with Crippen LogP contribution >= 0.6 is 0 Å². The van der Waals surface area contributed by atoms with E-state index in [2.05, 4.69) is 5.16 Å². The van der Waals surface area contributed by atoms with Crippen LogP contribution in [-0.4, -0.2) is 36.6 Å². The molecule has 2 rings (SSSR count). The lowest BCUT2D eigenvalue weighted by molar-refractivity contribution is -0.153. The number of rotatable bonds is 2. The summed E-state index contributed by atoms with van der Waals surface area (Å²) in [6, 6.07) is 0. The third-order valence-electron chi connectivity index (χ3n) is 2.30. The minimum Gasteiger partial charge on any atom is -0.389 e. The van der Waals surface area contributed by atoms with Crippen molar-refractivity contribution in [3.63, 3.8) is 0 Å². The van der Waals surface area contributed by atoms with Gasteiger partial charge < -0.3 is 14.3 Å². The Balaban J connectivity index is 1.91. The van der Waals surface area contributed by atoms with Crippen molar-refractivity contribution in [2.45, 2.75) is 38.3 Å². The van der Waals surface area contributed by atoms with Gasteiger partial charge in [-0.15, -0.1) is 0 Å². The van der Waals surface area contributed by atoms with Gasteiger partial charge in [-0.3, -0.25) is 4.79 Å². The number of hydrogen-bond acceptors (Lipinski definition) is 5. The molecule has 0 aromatic heterocycles. The van der Waals surface area contributed by atoms with Gasteiger partial charge >= 0.3 is 0 Å². The Morgan fingerprint density at radius 1 is 1.50 bits per heavy atom. The van der Waals surface area contributed by atoms with Gasteiger partial charge in [0, 0.05) is 6.42 Å². The second-order valence-corrected chi connectivity index (χ2v) is 3.92. The molecule has 1 fully saturated rings. The number of oxime groups is 1. The van der Waals surface area contributed by atoms with E-state index in [9.17, 15) is 4.79 Å². The van der Waals surface area contributed by atoms with Crippen LogP contribution in [0, 0.1) is 0 Å². The summed E-state index contributed by atoms with van der Waals surface area (Å²) < 4.78 is 11.0. The zero-order valence-corrected chi connectivity index (χ0v) is 8.23. The van der Waals surface area contributed by atoms with Crippen molar-refractivity contribution >= 4 is 12.0 Å². The number of carbonyl (C=O) groups excluding carboxylic acids is 1. The molecule has 2 atom stereocenters. The minimum atomic E-state index is -0.558. The Morgan fingerprint density at radius 2 is 2.29 bits per heavy atom. The van der Waals surface area contributed by atoms with Gasteiger partial charge in [0.15, 0.2) is 18.2 Å². The zero-order valence-electron chi connectivity index (χ0n) is 8.23. The third kappa shape index (κ3) is 1.78. The van der Waals surface area contributed by atoms with E-state index in [0.29, 0.717) is 25.0 Å². The van der Waals surface area contributed by atoms with Crippen LogP contribution in [0.25, 0.3) is 0 Å². The molecule has 1 saturated heterocycles. The van der Waals surface area contributed by atoms with Gasteiger partial charge in [-0.05, 0) is 13.8 Å². The third-order valence-corrected chi connectivity index (χ3v) is 2.30. The number of hydrogen-bond donors (Lipinski definition) is 0. The lowest BCUT2D eigenvalue weighted by Crippen LogP contribution is -2.31. The first-order valence-corrected chi connectivity index (χ1v) is 4.60. The molecular formula is C9H13NO4. The first-order chi connectivity index (χ1) is 6.61. The van der Waals surface area contributed by atoms with E-state index in [0.717, 1.165) is 0 Å². The molecule has 0 radical (unpaired) electrons. The summed E-state index contributed by atoms with van der Waals surface area (Å²) in [6.45, 7) is 4.19. The maximum absolute atomic E-state index is 10.4. The zero-order chi connectivity index (χ0) is 10.2. The van der Waals surface area contributed by atoms with Crippen molar-refractivity contribution in [1.29, 1.82) is 0 Å². The largest absolute Gasteiger partial charge is 0.389 e. The molecule has 0 amide bonds. The molecule has 0 aromatic carbocycles. The molecule has 14 heavy (non-hydrogen) atoms. The van der Waals surface area contributed by atoms with Crippen molar-refractivity contribution < 1.29 is 19.1 Å². The average Bonchev–Trinajstić information content (AvgIpc) is 2.70. The summed E-state index contributed by atoms with van der Waals surface area (Å²) in [6.07, 6.45) is 0.900. The van der Waals surface area contributed by atoms with E-state index < -0.39 is 5.79 Å². The molecule has 78 valence electrons. The van der Waals surface area contributed by atoms with Gasteiger partial charge in [0.2, 0.25) is 0 Å². The normalized spacial score (nSPS) is 35.1. The summed E-state index contributed by atoms with van der Waals surface area (Å²) in [7, 11) is 0. The quantitative estimate of drug-likeness (QED) is 0.607. The number of aldehydes is 1. The van der Waals surface area contributed by atoms with Crippen LogP contribution < -0.4 is 0 Å². The van der Waals surface area contributed by atoms with Crippen molar-refractivity contribution in [2.75, 3.05) is 6.61 Å². The highest BCUT2D eigenvalue weighted by molar-refractivity contribution is 6.28. The predicted molar refractivity (Wildman–Crippen MR) is 47.9 cm³/mol. The first-order valence-electron chi connectivity index (χ1n) is 4.60. The molecule has 2 aliphatic heterocycles. The van der Waals surface area contributed by atoms with Gasteiger partial charge in [0.1, 0.15) is 11.8 Å². The van der Waals surface area contributed by atoms with Crippen LogP contribution in [0.4, 0.5) is 0 Å². The Hall–Kier alpha value is -0.940. The summed E-state index contributed by atoms with van der Waals surface area (Å²) >= 11 is 0. The lowest BCUT2D eigenvalue weighted by Gasteiger charge is -2.19. The molecule has 2 heterocycles. The highest BCUT2D eigenvalue weighted by atomic mass is 16.8. The lowest BCUT2D eigenvalue weighted by atomic mass is 10.1. The van der Waals surface area contributed by atoms with Gasteiger partial charge in [-0.1, -0.05) is 5.16 Å². The van der Waals surface area contributed by atoms with Gasteiger partial charge in [0.05, 0.1) is 6.61 Å². The van der Waals surface area contributed by atoms with E-state index in [1.165, 1.54) is 0 Å². The predicted octanol–water partition coefficient (Wildman–Crippen LogP) is 0.482. The Kier molecular flexibility index (Phi) is 2.28. The van der Waals surface area contributed by atoms with Crippen molar-refractivity contribution in [3.05, 3.63) is 0 Å². The fourth-order valence-corrected chi connectivity index (χ4v) is 1.58. The molecule has 0 aliphatic carbocycles.